The number of carbonyl (C=O) groups is 3. The number of piperidine rings is 1. The normalized spacial score (nSPS) is 20.0. The van der Waals surface area contributed by atoms with Crippen LogP contribution in [-0.2, 0) is 9.59 Å². The van der Waals surface area contributed by atoms with Gasteiger partial charge in [0.1, 0.15) is 11.8 Å². The predicted molar refractivity (Wildman–Crippen MR) is 126 cm³/mol. The van der Waals surface area contributed by atoms with Crippen LogP contribution in [0.3, 0.4) is 0 Å². The van der Waals surface area contributed by atoms with Gasteiger partial charge in [-0.05, 0) is 55.0 Å². The summed E-state index contributed by atoms with van der Waals surface area (Å²) in [6, 6.07) is 9.86. The SMILES string of the molecule is COc1ccc(Cl)cc1-c1ccc2c(c1)C(=O)N1CCC(NC(=O)CSC)CC1C(=O)N2. The van der Waals surface area contributed by atoms with E-state index in [9.17, 15) is 14.4 Å². The maximum Gasteiger partial charge on any atom is 0.256 e. The zero-order valence-electron chi connectivity index (χ0n) is 17.8. The number of nitrogens with one attached hydrogen (secondary N) is 2. The Labute approximate surface area is 195 Å². The lowest BCUT2D eigenvalue weighted by atomic mass is 9.95. The highest BCUT2D eigenvalue weighted by atomic mass is 35.5. The number of amides is 3. The predicted octanol–water partition coefficient (Wildman–Crippen LogP) is 3.42. The van der Waals surface area contributed by atoms with Gasteiger partial charge in [0.15, 0.2) is 0 Å². The number of hydrogen-bond donors (Lipinski definition) is 2. The van der Waals surface area contributed by atoms with Crippen LogP contribution in [0.2, 0.25) is 5.02 Å². The fraction of sp³-hybridized carbons (Fsp3) is 0.348. The van der Waals surface area contributed by atoms with Gasteiger partial charge in [0.2, 0.25) is 11.8 Å². The zero-order valence-corrected chi connectivity index (χ0v) is 19.4. The monoisotopic (exact) mass is 473 g/mol. The molecule has 2 aromatic rings. The molecule has 7 nitrogen and oxygen atoms in total. The number of fused-ring (bicyclic) bond motifs is 2. The highest BCUT2D eigenvalue weighted by Crippen LogP contribution is 2.36. The van der Waals surface area contributed by atoms with Crippen LogP contribution in [0.25, 0.3) is 11.1 Å². The Morgan fingerprint density at radius 2 is 2.06 bits per heavy atom. The summed E-state index contributed by atoms with van der Waals surface area (Å²) in [5.41, 5.74) is 2.42. The number of anilines is 1. The summed E-state index contributed by atoms with van der Waals surface area (Å²) in [6.45, 7) is 0.394. The van der Waals surface area contributed by atoms with Crippen molar-refractivity contribution >= 4 is 46.8 Å². The van der Waals surface area contributed by atoms with Crippen molar-refractivity contribution in [3.63, 3.8) is 0 Å². The first-order valence-corrected chi connectivity index (χ1v) is 12.1. The van der Waals surface area contributed by atoms with Crippen molar-refractivity contribution in [2.24, 2.45) is 0 Å². The lowest BCUT2D eigenvalue weighted by Crippen LogP contribution is -2.55. The van der Waals surface area contributed by atoms with E-state index >= 15 is 0 Å². The first-order chi connectivity index (χ1) is 15.4. The van der Waals surface area contributed by atoms with Crippen molar-refractivity contribution in [3.8, 4) is 16.9 Å². The summed E-state index contributed by atoms with van der Waals surface area (Å²) in [5.74, 6) is 0.505. The molecule has 2 heterocycles. The second kappa shape index (κ2) is 9.42. The van der Waals surface area contributed by atoms with Gasteiger partial charge in [-0.25, -0.2) is 0 Å². The standard InChI is InChI=1S/C23H24ClN3O4S/c1-31-20-6-4-14(24)10-16(20)13-3-5-18-17(9-13)23(30)27-8-7-15(25-21(28)12-32-2)11-19(27)22(29)26-18/h3-6,9-10,15,19H,7-8,11-12H2,1-2H3,(H,25,28)(H,26,29). The number of hydrogen-bond acceptors (Lipinski definition) is 5. The Morgan fingerprint density at radius 3 is 2.81 bits per heavy atom. The van der Waals surface area contributed by atoms with Crippen LogP contribution >= 0.6 is 23.4 Å². The summed E-state index contributed by atoms with van der Waals surface area (Å²) in [7, 11) is 1.58. The van der Waals surface area contributed by atoms with E-state index in [1.54, 1.807) is 42.3 Å². The molecule has 2 aliphatic heterocycles. The molecule has 0 aromatic heterocycles. The maximum atomic E-state index is 13.4. The molecule has 168 valence electrons. The molecule has 2 aliphatic rings. The number of nitrogens with zero attached hydrogens (tertiary/aromatic N) is 1. The van der Waals surface area contributed by atoms with Crippen LogP contribution in [0.15, 0.2) is 36.4 Å². The molecule has 0 saturated carbocycles. The van der Waals surface area contributed by atoms with Crippen LogP contribution in [0, 0.1) is 0 Å². The molecule has 3 amide bonds. The molecule has 2 N–H and O–H groups in total. The number of ether oxygens (including phenoxy) is 1. The molecule has 2 atom stereocenters. The van der Waals surface area contributed by atoms with Gasteiger partial charge in [-0.15, -0.1) is 0 Å². The van der Waals surface area contributed by atoms with Crippen LogP contribution in [-0.4, -0.2) is 60.4 Å². The quantitative estimate of drug-likeness (QED) is 0.694. The first-order valence-electron chi connectivity index (χ1n) is 10.3. The van der Waals surface area contributed by atoms with Crippen LogP contribution in [0.1, 0.15) is 23.2 Å². The molecule has 0 aliphatic carbocycles. The summed E-state index contributed by atoms with van der Waals surface area (Å²) < 4.78 is 5.45. The fourth-order valence-corrected chi connectivity index (χ4v) is 4.78. The second-order valence-electron chi connectivity index (χ2n) is 7.83. The van der Waals surface area contributed by atoms with Gasteiger partial charge in [-0.2, -0.15) is 11.8 Å². The number of carbonyl (C=O) groups excluding carboxylic acids is 3. The molecular formula is C23H24ClN3O4S. The van der Waals surface area contributed by atoms with E-state index in [-0.39, 0.29) is 23.8 Å². The average Bonchev–Trinajstić information content (AvgIpc) is 2.88. The lowest BCUT2D eigenvalue weighted by molar-refractivity contribution is -0.123. The average molecular weight is 474 g/mol. The lowest BCUT2D eigenvalue weighted by Gasteiger charge is -2.37. The van der Waals surface area contributed by atoms with Crippen molar-refractivity contribution < 1.29 is 19.1 Å². The van der Waals surface area contributed by atoms with Crippen molar-refractivity contribution in [1.82, 2.24) is 10.2 Å². The van der Waals surface area contributed by atoms with E-state index in [2.05, 4.69) is 10.6 Å². The van der Waals surface area contributed by atoms with E-state index in [1.165, 1.54) is 11.8 Å². The van der Waals surface area contributed by atoms with Gasteiger partial charge < -0.3 is 20.3 Å². The number of benzene rings is 2. The Balaban J connectivity index is 1.63. The van der Waals surface area contributed by atoms with E-state index in [0.29, 0.717) is 47.2 Å². The molecule has 32 heavy (non-hydrogen) atoms. The minimum Gasteiger partial charge on any atom is -0.496 e. The Morgan fingerprint density at radius 1 is 1.25 bits per heavy atom. The third-order valence-corrected chi connectivity index (χ3v) is 6.57. The fourth-order valence-electron chi connectivity index (χ4n) is 4.26. The molecule has 2 aromatic carbocycles. The number of methoxy groups -OCH3 is 1. The molecule has 0 spiro atoms. The Kier molecular flexibility index (Phi) is 6.62. The number of thioether (sulfide) groups is 1. The second-order valence-corrected chi connectivity index (χ2v) is 9.13. The summed E-state index contributed by atoms with van der Waals surface area (Å²) >= 11 is 7.63. The maximum absolute atomic E-state index is 13.4. The van der Waals surface area contributed by atoms with Gasteiger partial charge in [0.05, 0.1) is 24.1 Å². The van der Waals surface area contributed by atoms with E-state index < -0.39 is 6.04 Å². The third kappa shape index (κ3) is 4.42. The van der Waals surface area contributed by atoms with Gasteiger partial charge in [-0.1, -0.05) is 17.7 Å². The summed E-state index contributed by atoms with van der Waals surface area (Å²) in [6.07, 6.45) is 2.86. The Bertz CT molecular complexity index is 1080. The summed E-state index contributed by atoms with van der Waals surface area (Å²) in [5, 5.41) is 6.42. The molecule has 4 rings (SSSR count). The minimum atomic E-state index is -0.632. The topological polar surface area (TPSA) is 87.7 Å². The number of rotatable bonds is 5. The van der Waals surface area contributed by atoms with Crippen LogP contribution in [0.4, 0.5) is 5.69 Å². The Hall–Kier alpha value is -2.71. The largest absolute Gasteiger partial charge is 0.496 e. The van der Waals surface area contributed by atoms with Crippen LogP contribution < -0.4 is 15.4 Å². The minimum absolute atomic E-state index is 0.0558. The van der Waals surface area contributed by atoms with Gasteiger partial charge in [-0.3, -0.25) is 14.4 Å². The van der Waals surface area contributed by atoms with Gasteiger partial charge >= 0.3 is 0 Å². The smallest absolute Gasteiger partial charge is 0.256 e. The third-order valence-electron chi connectivity index (χ3n) is 5.79. The van der Waals surface area contributed by atoms with E-state index in [4.69, 9.17) is 16.3 Å². The molecule has 1 saturated heterocycles. The highest BCUT2D eigenvalue weighted by Gasteiger charge is 2.40. The molecule has 0 radical (unpaired) electrons. The van der Waals surface area contributed by atoms with E-state index in [1.807, 2.05) is 12.3 Å². The molecular weight excluding hydrogens is 450 g/mol. The number of halogens is 1. The van der Waals surface area contributed by atoms with Gasteiger partial charge in [0, 0.05) is 23.2 Å². The van der Waals surface area contributed by atoms with Crippen molar-refractivity contribution in [3.05, 3.63) is 47.0 Å². The van der Waals surface area contributed by atoms with Crippen molar-refractivity contribution in [1.29, 1.82) is 0 Å². The summed E-state index contributed by atoms with van der Waals surface area (Å²) in [4.78, 5) is 40.0. The van der Waals surface area contributed by atoms with Crippen molar-refractivity contribution in [2.75, 3.05) is 31.0 Å². The first kappa shape index (κ1) is 22.5. The van der Waals surface area contributed by atoms with E-state index in [0.717, 1.165) is 11.1 Å². The molecule has 9 heteroatoms. The van der Waals surface area contributed by atoms with Gasteiger partial charge in [0.25, 0.3) is 5.91 Å². The molecule has 2 unspecified atom stereocenters. The zero-order chi connectivity index (χ0) is 22.8. The highest BCUT2D eigenvalue weighted by molar-refractivity contribution is 7.99. The van der Waals surface area contributed by atoms with Crippen molar-refractivity contribution in [2.45, 2.75) is 24.9 Å². The molecule has 0 bridgehead atoms. The molecule has 1 fully saturated rings. The van der Waals surface area contributed by atoms with Crippen LogP contribution in [0.5, 0.6) is 5.75 Å².